The van der Waals surface area contributed by atoms with Crippen LogP contribution in [-0.2, 0) is 0 Å². The molecule has 2 aromatic carbocycles. The Morgan fingerprint density at radius 2 is 2.00 bits per heavy atom. The summed E-state index contributed by atoms with van der Waals surface area (Å²) >= 11 is 2.74. The van der Waals surface area contributed by atoms with Gasteiger partial charge in [-0.2, -0.15) is 0 Å². The van der Waals surface area contributed by atoms with Gasteiger partial charge in [-0.3, -0.25) is 14.9 Å². The second kappa shape index (κ2) is 7.97. The van der Waals surface area contributed by atoms with Crippen LogP contribution in [0.4, 0.5) is 5.69 Å². The summed E-state index contributed by atoms with van der Waals surface area (Å²) in [4.78, 5) is 27.3. The fourth-order valence-corrected chi connectivity index (χ4v) is 4.51. The summed E-state index contributed by atoms with van der Waals surface area (Å²) in [6, 6.07) is 12.4. The minimum absolute atomic E-state index is 0.0511. The molecular formula is C19H18N2O3S2. The second-order valence-electron chi connectivity index (χ2n) is 6.03. The predicted molar refractivity (Wildman–Crippen MR) is 106 cm³/mol. The molecule has 1 atom stereocenters. The first-order chi connectivity index (χ1) is 12.5. The number of Topliss-reactive ketones (excluding diaryl/α,β-unsaturated/α-hetero) is 1. The van der Waals surface area contributed by atoms with Gasteiger partial charge < -0.3 is 0 Å². The number of thiazole rings is 1. The highest BCUT2D eigenvalue weighted by molar-refractivity contribution is 8.01. The minimum Gasteiger partial charge on any atom is -0.293 e. The maximum absolute atomic E-state index is 12.4. The van der Waals surface area contributed by atoms with Crippen LogP contribution in [0, 0.1) is 10.1 Å². The number of hydrogen-bond acceptors (Lipinski definition) is 6. The Bertz CT molecular complexity index is 951. The molecule has 1 aromatic heterocycles. The van der Waals surface area contributed by atoms with E-state index in [9.17, 15) is 14.9 Å². The molecule has 0 bridgehead atoms. The zero-order chi connectivity index (χ0) is 18.7. The Morgan fingerprint density at radius 1 is 1.27 bits per heavy atom. The molecule has 0 N–H and O–H groups in total. The normalized spacial score (nSPS) is 12.2. The average molecular weight is 386 g/mol. The molecule has 7 heteroatoms. The highest BCUT2D eigenvalue weighted by Gasteiger charge is 2.13. The van der Waals surface area contributed by atoms with Crippen LogP contribution in [-0.4, -0.2) is 21.4 Å². The molecule has 26 heavy (non-hydrogen) atoms. The fraction of sp³-hybridized carbons (Fsp3) is 0.263. The number of hydrogen-bond donors (Lipinski definition) is 0. The lowest BCUT2D eigenvalue weighted by molar-refractivity contribution is -0.384. The molecule has 0 unspecified atom stereocenters. The van der Waals surface area contributed by atoms with E-state index in [1.165, 1.54) is 40.8 Å². The smallest absolute Gasteiger partial charge is 0.270 e. The van der Waals surface area contributed by atoms with Crippen molar-refractivity contribution in [3.63, 3.8) is 0 Å². The van der Waals surface area contributed by atoms with Gasteiger partial charge in [0.05, 0.1) is 20.9 Å². The van der Waals surface area contributed by atoms with E-state index in [0.717, 1.165) is 15.5 Å². The Morgan fingerprint density at radius 3 is 2.65 bits per heavy atom. The van der Waals surface area contributed by atoms with Crippen LogP contribution in [0.3, 0.4) is 0 Å². The quantitative estimate of drug-likeness (QED) is 0.226. The number of nitro benzene ring substituents is 1. The molecule has 0 saturated heterocycles. The van der Waals surface area contributed by atoms with Gasteiger partial charge in [-0.05, 0) is 24.0 Å². The summed E-state index contributed by atoms with van der Waals surface area (Å²) in [7, 11) is 0. The molecule has 1 heterocycles. The van der Waals surface area contributed by atoms with Gasteiger partial charge in [0.2, 0.25) is 0 Å². The summed E-state index contributed by atoms with van der Waals surface area (Å²) in [6.07, 6.45) is 1.07. The number of nitrogens with zero attached hydrogens (tertiary/aromatic N) is 2. The first-order valence-electron chi connectivity index (χ1n) is 8.29. The molecule has 134 valence electrons. The Balaban J connectivity index is 1.67. The van der Waals surface area contributed by atoms with E-state index in [0.29, 0.717) is 22.8 Å². The van der Waals surface area contributed by atoms with E-state index < -0.39 is 4.92 Å². The third-order valence-electron chi connectivity index (χ3n) is 4.30. The summed E-state index contributed by atoms with van der Waals surface area (Å²) in [5.41, 5.74) is 2.70. The fourth-order valence-electron chi connectivity index (χ4n) is 2.51. The van der Waals surface area contributed by atoms with Gasteiger partial charge in [0.1, 0.15) is 0 Å². The third-order valence-corrected chi connectivity index (χ3v) is 6.47. The lowest BCUT2D eigenvalue weighted by atomic mass is 9.97. The van der Waals surface area contributed by atoms with Gasteiger partial charge in [-0.25, -0.2) is 4.98 Å². The predicted octanol–water partition coefficient (Wildman–Crippen LogP) is 5.69. The molecule has 0 aliphatic carbocycles. The van der Waals surface area contributed by atoms with Gasteiger partial charge in [0.15, 0.2) is 10.1 Å². The van der Waals surface area contributed by atoms with Crippen LogP contribution < -0.4 is 0 Å². The maximum atomic E-state index is 12.4. The van der Waals surface area contributed by atoms with E-state index >= 15 is 0 Å². The number of nitro groups is 1. The highest BCUT2D eigenvalue weighted by Crippen LogP contribution is 2.32. The van der Waals surface area contributed by atoms with Crippen LogP contribution >= 0.6 is 23.1 Å². The monoisotopic (exact) mass is 386 g/mol. The van der Waals surface area contributed by atoms with Crippen molar-refractivity contribution in [1.29, 1.82) is 0 Å². The first-order valence-corrected chi connectivity index (χ1v) is 10.1. The summed E-state index contributed by atoms with van der Waals surface area (Å²) in [5.74, 6) is 0.834. The van der Waals surface area contributed by atoms with E-state index in [4.69, 9.17) is 0 Å². The van der Waals surface area contributed by atoms with Crippen molar-refractivity contribution in [2.75, 3.05) is 5.75 Å². The van der Waals surface area contributed by atoms with Crippen molar-refractivity contribution in [2.24, 2.45) is 0 Å². The number of non-ortho nitro benzene ring substituents is 1. The first kappa shape index (κ1) is 18.5. The molecule has 0 spiro atoms. The van der Waals surface area contributed by atoms with Crippen LogP contribution in [0.5, 0.6) is 0 Å². The zero-order valence-corrected chi connectivity index (χ0v) is 16.1. The number of carbonyl (C=O) groups is 1. The largest absolute Gasteiger partial charge is 0.293 e. The molecule has 0 aliphatic heterocycles. The van der Waals surface area contributed by atoms with Crippen molar-refractivity contribution in [2.45, 2.75) is 30.5 Å². The summed E-state index contributed by atoms with van der Waals surface area (Å²) < 4.78 is 1.50. The SMILES string of the molecule is CC[C@H](C)c1ccc(C(=O)CSc2nc3ccc([N+](=O)[O-])cc3s2)cc1. The van der Waals surface area contributed by atoms with Gasteiger partial charge in [0.25, 0.3) is 5.69 Å². The van der Waals surface area contributed by atoms with E-state index in [1.54, 1.807) is 6.07 Å². The van der Waals surface area contributed by atoms with Crippen LogP contribution in [0.1, 0.15) is 42.1 Å². The lowest BCUT2D eigenvalue weighted by Crippen LogP contribution is -2.02. The van der Waals surface area contributed by atoms with Crippen LogP contribution in [0.25, 0.3) is 10.2 Å². The van der Waals surface area contributed by atoms with Crippen LogP contribution in [0.15, 0.2) is 46.8 Å². The lowest BCUT2D eigenvalue weighted by Gasteiger charge is -2.09. The van der Waals surface area contributed by atoms with Gasteiger partial charge in [-0.15, -0.1) is 11.3 Å². The molecule has 3 aromatic rings. The number of aromatic nitrogens is 1. The molecule has 0 aliphatic rings. The van der Waals surface area contributed by atoms with E-state index in [1.807, 2.05) is 24.3 Å². The Hall–Kier alpha value is -2.25. The van der Waals surface area contributed by atoms with Crippen LogP contribution in [0.2, 0.25) is 0 Å². The third kappa shape index (κ3) is 4.11. The van der Waals surface area contributed by atoms with Gasteiger partial charge in [0, 0.05) is 17.7 Å². The van der Waals surface area contributed by atoms with E-state index in [2.05, 4.69) is 18.8 Å². The molecule has 0 amide bonds. The summed E-state index contributed by atoms with van der Waals surface area (Å²) in [5, 5.41) is 10.8. The number of thioether (sulfide) groups is 1. The van der Waals surface area contributed by atoms with Crippen molar-refractivity contribution in [3.8, 4) is 0 Å². The zero-order valence-electron chi connectivity index (χ0n) is 14.5. The standard InChI is InChI=1S/C19H18N2O3S2/c1-3-12(2)13-4-6-14(7-5-13)17(22)11-25-19-20-16-9-8-15(21(23)24)10-18(16)26-19/h4-10,12H,3,11H2,1-2H3/t12-/m0/s1. The minimum atomic E-state index is -0.418. The number of carbonyl (C=O) groups excluding carboxylic acids is 1. The van der Waals surface area contributed by atoms with Gasteiger partial charge in [-0.1, -0.05) is 49.9 Å². The molecular weight excluding hydrogens is 368 g/mol. The van der Waals surface area contributed by atoms with Crippen molar-refractivity contribution < 1.29 is 9.72 Å². The number of rotatable bonds is 7. The Labute approximate surface area is 159 Å². The van der Waals surface area contributed by atoms with E-state index in [-0.39, 0.29) is 11.5 Å². The number of fused-ring (bicyclic) bond motifs is 1. The van der Waals surface area contributed by atoms with Crippen molar-refractivity contribution >= 4 is 44.8 Å². The van der Waals surface area contributed by atoms with Crippen molar-refractivity contribution in [3.05, 3.63) is 63.7 Å². The average Bonchev–Trinajstić information content (AvgIpc) is 3.07. The summed E-state index contributed by atoms with van der Waals surface area (Å²) in [6.45, 7) is 4.32. The van der Waals surface area contributed by atoms with Gasteiger partial charge >= 0.3 is 0 Å². The topological polar surface area (TPSA) is 73.1 Å². The molecule has 0 saturated carbocycles. The molecule has 0 fully saturated rings. The van der Waals surface area contributed by atoms with Crippen molar-refractivity contribution in [1.82, 2.24) is 4.98 Å². The highest BCUT2D eigenvalue weighted by atomic mass is 32.2. The number of benzene rings is 2. The molecule has 5 nitrogen and oxygen atoms in total. The number of ketones is 1. The molecule has 0 radical (unpaired) electrons. The molecule has 3 rings (SSSR count). The maximum Gasteiger partial charge on any atom is 0.270 e. The Kier molecular flexibility index (Phi) is 5.68. The second-order valence-corrected chi connectivity index (χ2v) is 8.29.